The van der Waals surface area contributed by atoms with Gasteiger partial charge in [0, 0.05) is 57.6 Å². The SMILES string of the molecule is Cn1c2ccc(-c3ccc4c(ccc5c6ccccc6n(C)c45)c3)cc2c2cc3ccccc3cc21. The zero-order valence-electron chi connectivity index (χ0n) is 20.3. The van der Waals surface area contributed by atoms with Gasteiger partial charge in [-0.25, -0.2) is 0 Å². The van der Waals surface area contributed by atoms with E-state index in [1.807, 2.05) is 0 Å². The van der Waals surface area contributed by atoms with Gasteiger partial charge >= 0.3 is 0 Å². The van der Waals surface area contributed by atoms with Crippen molar-refractivity contribution in [3.05, 3.63) is 109 Å². The summed E-state index contributed by atoms with van der Waals surface area (Å²) in [6.07, 6.45) is 0. The molecule has 6 aromatic carbocycles. The van der Waals surface area contributed by atoms with Crippen LogP contribution in [0.5, 0.6) is 0 Å². The Bertz CT molecular complexity index is 2170. The lowest BCUT2D eigenvalue weighted by Crippen LogP contribution is -1.88. The number of aromatic nitrogens is 2. The van der Waals surface area contributed by atoms with E-state index < -0.39 is 0 Å². The Hall–Kier alpha value is -4.56. The number of hydrogen-bond donors (Lipinski definition) is 0. The highest BCUT2D eigenvalue weighted by Crippen LogP contribution is 2.37. The van der Waals surface area contributed by atoms with Crippen molar-refractivity contribution in [2.24, 2.45) is 14.1 Å². The van der Waals surface area contributed by atoms with Crippen molar-refractivity contribution >= 4 is 65.2 Å². The van der Waals surface area contributed by atoms with Crippen molar-refractivity contribution in [1.82, 2.24) is 9.13 Å². The highest BCUT2D eigenvalue weighted by atomic mass is 14.9. The van der Waals surface area contributed by atoms with Gasteiger partial charge in [0.2, 0.25) is 0 Å². The summed E-state index contributed by atoms with van der Waals surface area (Å²) in [5.74, 6) is 0. The van der Waals surface area contributed by atoms with Gasteiger partial charge in [-0.15, -0.1) is 0 Å². The van der Waals surface area contributed by atoms with Crippen LogP contribution in [0, 0.1) is 0 Å². The molecule has 2 heteroatoms. The van der Waals surface area contributed by atoms with E-state index in [9.17, 15) is 0 Å². The monoisotopic (exact) mass is 460 g/mol. The van der Waals surface area contributed by atoms with Gasteiger partial charge in [0.1, 0.15) is 0 Å². The molecule has 0 N–H and O–H groups in total. The first kappa shape index (κ1) is 19.7. The van der Waals surface area contributed by atoms with Crippen LogP contribution in [-0.4, -0.2) is 9.13 Å². The van der Waals surface area contributed by atoms with E-state index in [2.05, 4.69) is 132 Å². The second kappa shape index (κ2) is 6.99. The molecule has 0 fully saturated rings. The first-order valence-corrected chi connectivity index (χ1v) is 12.5. The molecular weight excluding hydrogens is 436 g/mol. The van der Waals surface area contributed by atoms with Crippen LogP contribution in [0.3, 0.4) is 0 Å². The predicted molar refractivity (Wildman–Crippen MR) is 155 cm³/mol. The topological polar surface area (TPSA) is 9.86 Å². The van der Waals surface area contributed by atoms with Crippen LogP contribution in [0.2, 0.25) is 0 Å². The number of nitrogens with zero attached hydrogens (tertiary/aromatic N) is 2. The molecule has 0 aliphatic rings. The summed E-state index contributed by atoms with van der Waals surface area (Å²) >= 11 is 0. The normalized spacial score (nSPS) is 12.2. The van der Waals surface area contributed by atoms with E-state index in [4.69, 9.17) is 0 Å². The van der Waals surface area contributed by atoms with E-state index in [1.54, 1.807) is 0 Å². The number of para-hydroxylation sites is 1. The van der Waals surface area contributed by atoms with Crippen LogP contribution in [0.4, 0.5) is 0 Å². The van der Waals surface area contributed by atoms with Gasteiger partial charge in [0.25, 0.3) is 0 Å². The molecule has 2 nitrogen and oxygen atoms in total. The maximum atomic E-state index is 2.36. The summed E-state index contributed by atoms with van der Waals surface area (Å²) in [4.78, 5) is 0. The van der Waals surface area contributed by atoms with Gasteiger partial charge in [0.05, 0.1) is 5.52 Å². The number of rotatable bonds is 1. The lowest BCUT2D eigenvalue weighted by atomic mass is 9.98. The van der Waals surface area contributed by atoms with Crippen LogP contribution in [0.25, 0.3) is 76.3 Å². The van der Waals surface area contributed by atoms with Crippen molar-refractivity contribution in [3.63, 3.8) is 0 Å². The van der Waals surface area contributed by atoms with Gasteiger partial charge in [0.15, 0.2) is 0 Å². The Morgan fingerprint density at radius 3 is 1.94 bits per heavy atom. The predicted octanol–water partition coefficient (Wildman–Crippen LogP) is 8.95. The maximum Gasteiger partial charge on any atom is 0.0568 e. The van der Waals surface area contributed by atoms with Crippen LogP contribution in [0.15, 0.2) is 109 Å². The molecule has 0 atom stereocenters. The number of fused-ring (bicyclic) bond motifs is 9. The Morgan fingerprint density at radius 1 is 0.389 bits per heavy atom. The van der Waals surface area contributed by atoms with E-state index >= 15 is 0 Å². The average molecular weight is 461 g/mol. The van der Waals surface area contributed by atoms with Crippen molar-refractivity contribution in [2.45, 2.75) is 0 Å². The van der Waals surface area contributed by atoms with Crippen LogP contribution in [-0.2, 0) is 14.1 Å². The van der Waals surface area contributed by atoms with Gasteiger partial charge < -0.3 is 9.13 Å². The van der Waals surface area contributed by atoms with Gasteiger partial charge in [-0.2, -0.15) is 0 Å². The molecule has 2 heterocycles. The Labute approximate surface area is 208 Å². The molecule has 0 radical (unpaired) electrons. The third-order valence-electron chi connectivity index (χ3n) is 8.09. The van der Waals surface area contributed by atoms with Crippen molar-refractivity contribution in [2.75, 3.05) is 0 Å². The first-order valence-electron chi connectivity index (χ1n) is 12.5. The summed E-state index contributed by atoms with van der Waals surface area (Å²) < 4.78 is 4.65. The lowest BCUT2D eigenvalue weighted by Gasteiger charge is -2.08. The molecule has 0 amide bonds. The highest BCUT2D eigenvalue weighted by molar-refractivity contribution is 6.18. The number of hydrogen-bond acceptors (Lipinski definition) is 0. The molecular formula is C34H24N2. The van der Waals surface area contributed by atoms with E-state index in [0.717, 1.165) is 0 Å². The molecule has 36 heavy (non-hydrogen) atoms. The van der Waals surface area contributed by atoms with Crippen molar-refractivity contribution in [3.8, 4) is 11.1 Å². The third kappa shape index (κ3) is 2.56. The highest BCUT2D eigenvalue weighted by Gasteiger charge is 2.13. The maximum absolute atomic E-state index is 2.36. The van der Waals surface area contributed by atoms with Crippen molar-refractivity contribution in [1.29, 1.82) is 0 Å². The fraction of sp³-hybridized carbons (Fsp3) is 0.0588. The third-order valence-corrected chi connectivity index (χ3v) is 8.09. The van der Waals surface area contributed by atoms with Gasteiger partial charge in [-0.3, -0.25) is 0 Å². The second-order valence-corrected chi connectivity index (χ2v) is 9.98. The second-order valence-electron chi connectivity index (χ2n) is 9.98. The molecule has 0 bridgehead atoms. The van der Waals surface area contributed by atoms with E-state index in [1.165, 1.54) is 76.3 Å². The quantitative estimate of drug-likeness (QED) is 0.231. The largest absolute Gasteiger partial charge is 0.344 e. The molecule has 0 saturated carbocycles. The smallest absolute Gasteiger partial charge is 0.0568 e. The molecule has 0 saturated heterocycles. The molecule has 0 aliphatic carbocycles. The number of aryl methyl sites for hydroxylation is 2. The fourth-order valence-electron chi connectivity index (χ4n) is 6.26. The first-order chi connectivity index (χ1) is 17.7. The summed E-state index contributed by atoms with van der Waals surface area (Å²) in [5, 5.41) is 10.4. The zero-order chi connectivity index (χ0) is 24.0. The number of benzene rings is 6. The summed E-state index contributed by atoms with van der Waals surface area (Å²) in [6, 6.07) is 40.3. The molecule has 170 valence electrons. The molecule has 8 aromatic rings. The van der Waals surface area contributed by atoms with Crippen LogP contribution >= 0.6 is 0 Å². The summed E-state index contributed by atoms with van der Waals surface area (Å²) in [5.41, 5.74) is 7.62. The lowest BCUT2D eigenvalue weighted by molar-refractivity contribution is 1.02. The summed E-state index contributed by atoms with van der Waals surface area (Å²) in [6.45, 7) is 0. The summed E-state index contributed by atoms with van der Waals surface area (Å²) in [7, 11) is 4.35. The Kier molecular flexibility index (Phi) is 3.83. The zero-order valence-corrected chi connectivity index (χ0v) is 20.3. The average Bonchev–Trinajstić information content (AvgIpc) is 3.38. The minimum Gasteiger partial charge on any atom is -0.344 e. The minimum atomic E-state index is 1.25. The molecule has 2 aromatic heterocycles. The molecule has 0 aliphatic heterocycles. The standard InChI is InChI=1S/C34H24N2/c1-35-32-16-13-24(19-29(32)30-18-21-7-3-4-8-22(21)20-33(30)35)23-11-14-26-25(17-23)12-15-28-27-9-5-6-10-31(27)36(2)34(26)28/h3-20H,1-2H3. The minimum absolute atomic E-state index is 1.25. The van der Waals surface area contributed by atoms with Crippen LogP contribution in [0.1, 0.15) is 0 Å². The molecule has 0 unspecified atom stereocenters. The van der Waals surface area contributed by atoms with Crippen LogP contribution < -0.4 is 0 Å². The Balaban J connectivity index is 1.35. The fourth-order valence-corrected chi connectivity index (χ4v) is 6.26. The molecule has 0 spiro atoms. The van der Waals surface area contributed by atoms with E-state index in [-0.39, 0.29) is 0 Å². The van der Waals surface area contributed by atoms with Crippen molar-refractivity contribution < 1.29 is 0 Å². The molecule has 8 rings (SSSR count). The van der Waals surface area contributed by atoms with Gasteiger partial charge in [-0.05, 0) is 63.7 Å². The van der Waals surface area contributed by atoms with E-state index in [0.29, 0.717) is 0 Å². The van der Waals surface area contributed by atoms with Gasteiger partial charge in [-0.1, -0.05) is 72.8 Å². The Morgan fingerprint density at radius 2 is 1.06 bits per heavy atom.